The van der Waals surface area contributed by atoms with Gasteiger partial charge in [0.1, 0.15) is 0 Å². The van der Waals surface area contributed by atoms with Gasteiger partial charge in [-0.2, -0.15) is 0 Å². The summed E-state index contributed by atoms with van der Waals surface area (Å²) in [6.07, 6.45) is 4.40. The molecule has 0 N–H and O–H groups in total. The molecule has 3 aromatic heterocycles. The molecule has 1 atom stereocenters. The van der Waals surface area contributed by atoms with Crippen LogP contribution in [0.1, 0.15) is 27.1 Å². The Labute approximate surface area is 171 Å². The minimum absolute atomic E-state index is 0.0108. The van der Waals surface area contributed by atoms with Gasteiger partial charge in [0, 0.05) is 27.8 Å². The first kappa shape index (κ1) is 17.3. The molecule has 1 aliphatic heterocycles. The molecule has 0 bridgehead atoms. The Kier molecular flexibility index (Phi) is 4.55. The highest BCUT2D eigenvalue weighted by Crippen LogP contribution is 2.39. The molecule has 0 saturated heterocycles. The summed E-state index contributed by atoms with van der Waals surface area (Å²) in [6, 6.07) is 18.4. The van der Waals surface area contributed by atoms with Crippen molar-refractivity contribution in [2.24, 2.45) is 0 Å². The maximum absolute atomic E-state index is 13.1. The summed E-state index contributed by atoms with van der Waals surface area (Å²) in [7, 11) is 0. The van der Waals surface area contributed by atoms with E-state index in [9.17, 15) is 4.79 Å². The van der Waals surface area contributed by atoms with E-state index in [0.717, 1.165) is 29.6 Å². The minimum atomic E-state index is 0.0108. The molecule has 4 aromatic rings. The molecule has 0 saturated carbocycles. The molecule has 4 heterocycles. The summed E-state index contributed by atoms with van der Waals surface area (Å²) in [5, 5.41) is 5.31. The van der Waals surface area contributed by atoms with E-state index in [1.54, 1.807) is 28.7 Å². The van der Waals surface area contributed by atoms with E-state index in [0.29, 0.717) is 0 Å². The first-order chi connectivity index (χ1) is 13.8. The molecule has 3 nitrogen and oxygen atoms in total. The van der Waals surface area contributed by atoms with Crippen LogP contribution >= 0.6 is 22.7 Å². The average Bonchev–Trinajstić information content (AvgIpc) is 3.43. The van der Waals surface area contributed by atoms with Crippen molar-refractivity contribution >= 4 is 45.6 Å². The fraction of sp³-hybridized carbons (Fsp3) is 0.130. The number of pyridine rings is 1. The smallest absolute Gasteiger partial charge is 0.247 e. The van der Waals surface area contributed by atoms with Crippen molar-refractivity contribution in [3.05, 3.63) is 92.4 Å². The van der Waals surface area contributed by atoms with Crippen LogP contribution in [-0.2, 0) is 11.2 Å². The molecule has 5 heteroatoms. The van der Waals surface area contributed by atoms with Crippen molar-refractivity contribution in [1.82, 2.24) is 9.88 Å². The Hall–Kier alpha value is -2.76. The fourth-order valence-corrected chi connectivity index (χ4v) is 5.49. The quantitative estimate of drug-likeness (QED) is 0.421. The van der Waals surface area contributed by atoms with Crippen LogP contribution in [0.25, 0.3) is 17.0 Å². The third-order valence-corrected chi connectivity index (χ3v) is 7.00. The lowest BCUT2D eigenvalue weighted by molar-refractivity contribution is -0.127. The Morgan fingerprint density at radius 2 is 1.96 bits per heavy atom. The van der Waals surface area contributed by atoms with E-state index in [1.165, 1.54) is 15.3 Å². The molecular weight excluding hydrogens is 384 g/mol. The van der Waals surface area contributed by atoms with Gasteiger partial charge in [-0.1, -0.05) is 30.3 Å². The number of aromatic nitrogens is 1. The fourth-order valence-electron chi connectivity index (χ4n) is 3.73. The number of amides is 1. The highest BCUT2D eigenvalue weighted by atomic mass is 32.1. The van der Waals surface area contributed by atoms with Crippen molar-refractivity contribution in [2.75, 3.05) is 6.54 Å². The number of nitrogens with zero attached hydrogens (tertiary/aromatic N) is 2. The van der Waals surface area contributed by atoms with Crippen molar-refractivity contribution in [3.63, 3.8) is 0 Å². The van der Waals surface area contributed by atoms with Gasteiger partial charge in [-0.15, -0.1) is 22.7 Å². The predicted octanol–water partition coefficient (Wildman–Crippen LogP) is 5.55. The number of thiophene rings is 2. The zero-order valence-corrected chi connectivity index (χ0v) is 16.7. The molecule has 5 rings (SSSR count). The maximum atomic E-state index is 13.1. The first-order valence-corrected chi connectivity index (χ1v) is 11.0. The lowest BCUT2D eigenvalue weighted by Crippen LogP contribution is -2.38. The summed E-state index contributed by atoms with van der Waals surface area (Å²) < 4.78 is 0. The number of fused-ring (bicyclic) bond motifs is 2. The number of hydrogen-bond acceptors (Lipinski definition) is 4. The van der Waals surface area contributed by atoms with Crippen LogP contribution in [0.5, 0.6) is 0 Å². The van der Waals surface area contributed by atoms with Crippen LogP contribution in [-0.4, -0.2) is 22.3 Å². The van der Waals surface area contributed by atoms with Gasteiger partial charge in [0.25, 0.3) is 0 Å². The Bertz CT molecular complexity index is 1160. The Morgan fingerprint density at radius 1 is 1.04 bits per heavy atom. The van der Waals surface area contributed by atoms with Crippen molar-refractivity contribution in [1.29, 1.82) is 0 Å². The molecule has 0 radical (unpaired) electrons. The van der Waals surface area contributed by atoms with Crippen LogP contribution in [0.4, 0.5) is 0 Å². The molecule has 28 heavy (non-hydrogen) atoms. The Morgan fingerprint density at radius 3 is 2.86 bits per heavy atom. The molecule has 0 spiro atoms. The summed E-state index contributed by atoms with van der Waals surface area (Å²) in [4.78, 5) is 22.3. The second kappa shape index (κ2) is 7.34. The molecule has 1 unspecified atom stereocenters. The highest BCUT2D eigenvalue weighted by Gasteiger charge is 2.32. The van der Waals surface area contributed by atoms with Crippen molar-refractivity contribution in [2.45, 2.75) is 12.5 Å². The molecule has 138 valence electrons. The van der Waals surface area contributed by atoms with Crippen LogP contribution in [0.2, 0.25) is 0 Å². The van der Waals surface area contributed by atoms with Gasteiger partial charge in [-0.25, -0.2) is 4.98 Å². The third-order valence-electron chi connectivity index (χ3n) is 5.08. The molecule has 0 fully saturated rings. The minimum Gasteiger partial charge on any atom is -0.327 e. The number of para-hydroxylation sites is 1. The second-order valence-corrected chi connectivity index (χ2v) is 8.74. The van der Waals surface area contributed by atoms with Gasteiger partial charge in [0.05, 0.1) is 17.3 Å². The van der Waals surface area contributed by atoms with Crippen LogP contribution in [0.15, 0.2) is 71.4 Å². The lowest BCUT2D eigenvalue weighted by atomic mass is 9.98. The standard InChI is InChI=1S/C23H18N2OS2/c26-22(10-9-17-8-7-16-4-1-2-5-19(16)24-17)25-13-11-20-18(12-15-28-20)23(25)21-6-3-14-27-21/h1-10,12,14-15,23H,11,13H2/b10-9+. The zero-order chi connectivity index (χ0) is 18.9. The summed E-state index contributed by atoms with van der Waals surface area (Å²) >= 11 is 3.50. The van der Waals surface area contributed by atoms with Crippen molar-refractivity contribution < 1.29 is 4.79 Å². The van der Waals surface area contributed by atoms with Crippen LogP contribution < -0.4 is 0 Å². The van der Waals surface area contributed by atoms with E-state index in [-0.39, 0.29) is 11.9 Å². The molecule has 0 aliphatic carbocycles. The van der Waals surface area contributed by atoms with Gasteiger partial charge in [-0.05, 0) is 53.1 Å². The largest absolute Gasteiger partial charge is 0.327 e. The van der Waals surface area contributed by atoms with Crippen LogP contribution in [0, 0.1) is 0 Å². The monoisotopic (exact) mass is 402 g/mol. The average molecular weight is 403 g/mol. The Balaban J connectivity index is 1.44. The molecule has 1 aliphatic rings. The van der Waals surface area contributed by atoms with Crippen molar-refractivity contribution in [3.8, 4) is 0 Å². The second-order valence-electron chi connectivity index (χ2n) is 6.76. The van der Waals surface area contributed by atoms with Gasteiger partial charge in [-0.3, -0.25) is 4.79 Å². The topological polar surface area (TPSA) is 33.2 Å². The van der Waals surface area contributed by atoms with E-state index in [4.69, 9.17) is 0 Å². The molecular formula is C23H18N2OS2. The zero-order valence-electron chi connectivity index (χ0n) is 15.1. The van der Waals surface area contributed by atoms with E-state index < -0.39 is 0 Å². The number of carbonyl (C=O) groups is 1. The van der Waals surface area contributed by atoms with E-state index in [1.807, 2.05) is 47.4 Å². The normalized spacial score (nSPS) is 16.6. The van der Waals surface area contributed by atoms with Gasteiger partial charge < -0.3 is 4.90 Å². The molecule has 1 amide bonds. The van der Waals surface area contributed by atoms with E-state index in [2.05, 4.69) is 33.9 Å². The third kappa shape index (κ3) is 3.17. The number of benzene rings is 1. The lowest BCUT2D eigenvalue weighted by Gasteiger charge is -2.34. The molecule has 1 aromatic carbocycles. The highest BCUT2D eigenvalue weighted by molar-refractivity contribution is 7.10. The SMILES string of the molecule is O=C(/C=C/c1ccc2ccccc2n1)N1CCc2sccc2C1c1cccs1. The summed E-state index contributed by atoms with van der Waals surface area (Å²) in [6.45, 7) is 0.740. The number of carbonyl (C=O) groups excluding carboxylic acids is 1. The van der Waals surface area contributed by atoms with Gasteiger partial charge >= 0.3 is 0 Å². The first-order valence-electron chi connectivity index (χ1n) is 9.24. The summed E-state index contributed by atoms with van der Waals surface area (Å²) in [5.74, 6) is 0.0326. The maximum Gasteiger partial charge on any atom is 0.247 e. The number of hydrogen-bond donors (Lipinski definition) is 0. The predicted molar refractivity (Wildman–Crippen MR) is 117 cm³/mol. The van der Waals surface area contributed by atoms with Gasteiger partial charge in [0.15, 0.2) is 0 Å². The number of rotatable bonds is 3. The summed E-state index contributed by atoms with van der Waals surface area (Å²) in [5.41, 5.74) is 3.01. The van der Waals surface area contributed by atoms with Crippen LogP contribution in [0.3, 0.4) is 0 Å². The van der Waals surface area contributed by atoms with Gasteiger partial charge in [0.2, 0.25) is 5.91 Å². The van der Waals surface area contributed by atoms with E-state index >= 15 is 0 Å².